The van der Waals surface area contributed by atoms with Crippen molar-refractivity contribution in [3.63, 3.8) is 0 Å². The number of fused-ring (bicyclic) bond motifs is 1. The lowest BCUT2D eigenvalue weighted by Gasteiger charge is -2.10. The van der Waals surface area contributed by atoms with Gasteiger partial charge in [0.25, 0.3) is 0 Å². The van der Waals surface area contributed by atoms with Crippen molar-refractivity contribution in [3.05, 3.63) is 18.2 Å². The zero-order valence-corrected chi connectivity index (χ0v) is 13.7. The maximum atomic E-state index is 11.0. The van der Waals surface area contributed by atoms with Crippen LogP contribution in [0.25, 0.3) is 11.4 Å². The first-order valence-corrected chi connectivity index (χ1v) is 8.13. The monoisotopic (exact) mass is 335 g/mol. The molecule has 122 valence electrons. The largest absolute Gasteiger partial charge is 0.490 e. The summed E-state index contributed by atoms with van der Waals surface area (Å²) in [5.74, 6) is 1.19. The van der Waals surface area contributed by atoms with Crippen LogP contribution in [0.3, 0.4) is 0 Å². The summed E-state index contributed by atoms with van der Waals surface area (Å²) in [7, 11) is 1.81. The summed E-state index contributed by atoms with van der Waals surface area (Å²) < 4.78 is 13.1. The first kappa shape index (κ1) is 15.7. The molecule has 3 rings (SSSR count). The number of carboxylic acids is 1. The fraction of sp³-hybridized carbons (Fsp3) is 0.400. The molecule has 0 saturated carbocycles. The second kappa shape index (κ2) is 6.49. The van der Waals surface area contributed by atoms with E-state index in [0.29, 0.717) is 29.9 Å². The van der Waals surface area contributed by atoms with Gasteiger partial charge in [-0.1, -0.05) is 11.8 Å². The van der Waals surface area contributed by atoms with Crippen molar-refractivity contribution in [3.8, 4) is 22.9 Å². The summed E-state index contributed by atoms with van der Waals surface area (Å²) in [6.45, 7) is 2.88. The average Bonchev–Trinajstić information content (AvgIpc) is 2.75. The van der Waals surface area contributed by atoms with Crippen LogP contribution in [0.5, 0.6) is 11.5 Å². The molecular weight excluding hydrogens is 318 g/mol. The molecule has 1 aromatic carbocycles. The Bertz CT molecular complexity index is 732. The van der Waals surface area contributed by atoms with Crippen LogP contribution < -0.4 is 9.47 Å². The van der Waals surface area contributed by atoms with Crippen LogP contribution in [0.1, 0.15) is 13.3 Å². The highest BCUT2D eigenvalue weighted by molar-refractivity contribution is 8.00. The summed E-state index contributed by atoms with van der Waals surface area (Å²) in [4.78, 5) is 11.0. The number of thioether (sulfide) groups is 1. The summed E-state index contributed by atoms with van der Waals surface area (Å²) in [5.41, 5.74) is 0.846. The summed E-state index contributed by atoms with van der Waals surface area (Å²) in [5, 5.41) is 17.2. The van der Waals surface area contributed by atoms with Gasteiger partial charge in [-0.3, -0.25) is 4.79 Å². The Balaban J connectivity index is 1.89. The van der Waals surface area contributed by atoms with Gasteiger partial charge in [0.15, 0.2) is 22.5 Å². The highest BCUT2D eigenvalue weighted by atomic mass is 32.2. The summed E-state index contributed by atoms with van der Waals surface area (Å²) in [6.07, 6.45) is 0.849. The molecule has 0 unspecified atom stereocenters. The van der Waals surface area contributed by atoms with Gasteiger partial charge in [0.1, 0.15) is 5.25 Å². The third-order valence-electron chi connectivity index (χ3n) is 3.47. The van der Waals surface area contributed by atoms with Gasteiger partial charge < -0.3 is 19.1 Å². The molecule has 1 aromatic heterocycles. The molecule has 1 aliphatic rings. The third-order valence-corrected chi connectivity index (χ3v) is 4.59. The third kappa shape index (κ3) is 3.26. The van der Waals surface area contributed by atoms with Crippen molar-refractivity contribution >= 4 is 17.7 Å². The maximum absolute atomic E-state index is 11.0. The van der Waals surface area contributed by atoms with Gasteiger partial charge in [-0.05, 0) is 25.1 Å². The van der Waals surface area contributed by atoms with E-state index in [-0.39, 0.29) is 0 Å². The second-order valence-electron chi connectivity index (χ2n) is 5.18. The molecule has 0 bridgehead atoms. The average molecular weight is 335 g/mol. The van der Waals surface area contributed by atoms with Gasteiger partial charge in [-0.15, -0.1) is 10.2 Å². The minimum absolute atomic E-state index is 0.557. The van der Waals surface area contributed by atoms with E-state index in [1.54, 1.807) is 11.5 Å². The van der Waals surface area contributed by atoms with Crippen LogP contribution in [0.2, 0.25) is 0 Å². The fourth-order valence-corrected chi connectivity index (χ4v) is 2.93. The van der Waals surface area contributed by atoms with E-state index in [4.69, 9.17) is 14.6 Å². The van der Waals surface area contributed by atoms with Crippen molar-refractivity contribution in [1.82, 2.24) is 14.8 Å². The van der Waals surface area contributed by atoms with Crippen molar-refractivity contribution in [1.29, 1.82) is 0 Å². The molecule has 8 heteroatoms. The number of carboxylic acid groups (broad SMARTS) is 1. The molecule has 23 heavy (non-hydrogen) atoms. The first-order chi connectivity index (χ1) is 11.1. The lowest BCUT2D eigenvalue weighted by Crippen LogP contribution is -2.12. The lowest BCUT2D eigenvalue weighted by molar-refractivity contribution is -0.136. The minimum atomic E-state index is -0.880. The number of hydrogen-bond donors (Lipinski definition) is 1. The number of ether oxygens (including phenoxy) is 2. The van der Waals surface area contributed by atoms with Gasteiger partial charge in [-0.2, -0.15) is 0 Å². The number of aliphatic carboxylic acids is 1. The van der Waals surface area contributed by atoms with Gasteiger partial charge >= 0.3 is 5.97 Å². The molecule has 0 aliphatic carbocycles. The number of aromatic nitrogens is 3. The van der Waals surface area contributed by atoms with E-state index < -0.39 is 11.2 Å². The van der Waals surface area contributed by atoms with Gasteiger partial charge in [0, 0.05) is 19.0 Å². The van der Waals surface area contributed by atoms with E-state index in [0.717, 1.165) is 29.5 Å². The number of nitrogens with zero attached hydrogens (tertiary/aromatic N) is 3. The molecule has 2 aromatic rings. The molecule has 7 nitrogen and oxygen atoms in total. The van der Waals surface area contributed by atoms with Gasteiger partial charge in [0.2, 0.25) is 0 Å². The summed E-state index contributed by atoms with van der Waals surface area (Å²) >= 11 is 1.16. The second-order valence-corrected chi connectivity index (χ2v) is 6.48. The number of benzene rings is 1. The molecule has 1 N–H and O–H groups in total. The summed E-state index contributed by atoms with van der Waals surface area (Å²) in [6, 6.07) is 5.63. The highest BCUT2D eigenvalue weighted by Gasteiger charge is 2.19. The molecule has 0 spiro atoms. The molecule has 0 saturated heterocycles. The van der Waals surface area contributed by atoms with Crippen molar-refractivity contribution in [2.75, 3.05) is 13.2 Å². The Morgan fingerprint density at radius 1 is 1.30 bits per heavy atom. The van der Waals surface area contributed by atoms with Crippen molar-refractivity contribution in [2.24, 2.45) is 7.05 Å². The quantitative estimate of drug-likeness (QED) is 0.857. The van der Waals surface area contributed by atoms with Crippen LogP contribution in [-0.2, 0) is 11.8 Å². The molecule has 0 radical (unpaired) electrons. The van der Waals surface area contributed by atoms with E-state index in [9.17, 15) is 4.79 Å². The first-order valence-electron chi connectivity index (χ1n) is 7.25. The normalized spacial score (nSPS) is 15.0. The standard InChI is InChI=1S/C15H17N3O4S/c1-9(14(19)20)23-15-17-16-13(18(15)2)10-4-5-11-12(8-10)22-7-3-6-21-11/h4-5,8-9H,3,6-7H2,1-2H3,(H,19,20)/t9-/m0/s1. The molecule has 1 atom stereocenters. The Morgan fingerprint density at radius 2 is 2.04 bits per heavy atom. The van der Waals surface area contributed by atoms with Crippen LogP contribution >= 0.6 is 11.8 Å². The number of rotatable bonds is 4. The van der Waals surface area contributed by atoms with E-state index in [2.05, 4.69) is 10.2 Å². The van der Waals surface area contributed by atoms with E-state index in [1.165, 1.54) is 0 Å². The highest BCUT2D eigenvalue weighted by Crippen LogP contribution is 2.34. The minimum Gasteiger partial charge on any atom is -0.490 e. The Kier molecular flexibility index (Phi) is 4.42. The van der Waals surface area contributed by atoms with Crippen molar-refractivity contribution in [2.45, 2.75) is 23.8 Å². The molecule has 0 fully saturated rings. The smallest absolute Gasteiger partial charge is 0.316 e. The zero-order valence-electron chi connectivity index (χ0n) is 12.9. The van der Waals surface area contributed by atoms with Crippen molar-refractivity contribution < 1.29 is 19.4 Å². The van der Waals surface area contributed by atoms with Gasteiger partial charge in [-0.25, -0.2) is 0 Å². The van der Waals surface area contributed by atoms with Crippen LogP contribution in [0.4, 0.5) is 0 Å². The number of carbonyl (C=O) groups is 1. The van der Waals surface area contributed by atoms with Crippen LogP contribution in [-0.4, -0.2) is 44.3 Å². The molecular formula is C15H17N3O4S. The molecule has 1 aliphatic heterocycles. The lowest BCUT2D eigenvalue weighted by atomic mass is 10.2. The SMILES string of the molecule is C[C@H](Sc1nnc(-c2ccc3c(c2)OCCCO3)n1C)C(=O)O. The molecule has 2 heterocycles. The van der Waals surface area contributed by atoms with E-state index in [1.807, 2.05) is 25.2 Å². The Morgan fingerprint density at radius 3 is 2.78 bits per heavy atom. The fourth-order valence-electron chi connectivity index (χ4n) is 2.18. The van der Waals surface area contributed by atoms with Crippen LogP contribution in [0.15, 0.2) is 23.4 Å². The topological polar surface area (TPSA) is 86.5 Å². The predicted octanol–water partition coefficient (Wildman–Crippen LogP) is 2.21. The van der Waals surface area contributed by atoms with E-state index >= 15 is 0 Å². The number of hydrogen-bond acceptors (Lipinski definition) is 6. The zero-order chi connectivity index (χ0) is 16.4. The maximum Gasteiger partial charge on any atom is 0.316 e. The predicted molar refractivity (Wildman–Crippen MR) is 85.0 cm³/mol. The van der Waals surface area contributed by atoms with Crippen LogP contribution in [0, 0.1) is 0 Å². The van der Waals surface area contributed by atoms with Gasteiger partial charge in [0.05, 0.1) is 13.2 Å². The Labute approximate surface area is 137 Å². The molecule has 0 amide bonds. The Hall–Kier alpha value is -2.22.